The van der Waals surface area contributed by atoms with Crippen LogP contribution in [-0.4, -0.2) is 30.1 Å². The highest BCUT2D eigenvalue weighted by Gasteiger charge is 2.40. The number of unbranched alkanes of at least 4 members (excludes halogenated alkanes) is 2. The first-order chi connectivity index (χ1) is 12.9. The van der Waals surface area contributed by atoms with Crippen molar-refractivity contribution in [2.24, 2.45) is 0 Å². The van der Waals surface area contributed by atoms with E-state index in [-0.39, 0.29) is 0 Å². The highest BCUT2D eigenvalue weighted by atomic mass is 19.4. The minimum Gasteiger partial charge on any atom is -0.339 e. The van der Waals surface area contributed by atoms with Gasteiger partial charge in [-0.3, -0.25) is 4.79 Å². The molecular formula is C22H26F3NO. The van der Waals surface area contributed by atoms with E-state index in [1.54, 1.807) is 24.3 Å². The summed E-state index contributed by atoms with van der Waals surface area (Å²) < 4.78 is 41.2. The van der Waals surface area contributed by atoms with Gasteiger partial charge >= 0.3 is 6.18 Å². The first-order valence-electron chi connectivity index (χ1n) is 9.44. The second kappa shape index (κ2) is 9.58. The lowest BCUT2D eigenvalue weighted by atomic mass is 10.0. The average molecular weight is 377 g/mol. The van der Waals surface area contributed by atoms with Gasteiger partial charge in [0.15, 0.2) is 0 Å². The van der Waals surface area contributed by atoms with Crippen LogP contribution in [0.4, 0.5) is 13.2 Å². The predicted molar refractivity (Wildman–Crippen MR) is 104 cm³/mol. The van der Waals surface area contributed by atoms with Gasteiger partial charge in [0, 0.05) is 13.1 Å². The Morgan fingerprint density at radius 3 is 2.15 bits per heavy atom. The summed E-state index contributed by atoms with van der Waals surface area (Å²) in [6, 6.07) is 12.4. The molecule has 0 heterocycles. The Bertz CT molecular complexity index is 782. The molecule has 0 radical (unpaired) electrons. The molecular weight excluding hydrogens is 351 g/mol. The maximum absolute atomic E-state index is 13.7. The fourth-order valence-electron chi connectivity index (χ4n) is 2.98. The van der Waals surface area contributed by atoms with E-state index >= 15 is 0 Å². The van der Waals surface area contributed by atoms with Crippen molar-refractivity contribution in [2.45, 2.75) is 45.7 Å². The first-order valence-corrected chi connectivity index (χ1v) is 9.44. The van der Waals surface area contributed by atoms with Gasteiger partial charge in [-0.25, -0.2) is 0 Å². The first kappa shape index (κ1) is 21.0. The third kappa shape index (κ3) is 5.59. The zero-order valence-electron chi connectivity index (χ0n) is 15.9. The van der Waals surface area contributed by atoms with Crippen LogP contribution >= 0.6 is 0 Å². The molecule has 0 aliphatic carbocycles. The van der Waals surface area contributed by atoms with Gasteiger partial charge in [0.1, 0.15) is 5.57 Å². The number of nitrogens with zero attached hydrogens (tertiary/aromatic N) is 1. The topological polar surface area (TPSA) is 20.3 Å². The SMILES string of the molecule is CCCCN(CCCC)C(=O)/C(=C/c1cccc2ccccc12)C(F)(F)F. The summed E-state index contributed by atoms with van der Waals surface area (Å²) in [5, 5.41) is 1.54. The smallest absolute Gasteiger partial charge is 0.339 e. The second-order valence-corrected chi connectivity index (χ2v) is 6.62. The number of amides is 1. The van der Waals surface area contributed by atoms with Gasteiger partial charge < -0.3 is 4.90 Å². The third-order valence-corrected chi connectivity index (χ3v) is 4.51. The Morgan fingerprint density at radius 1 is 0.963 bits per heavy atom. The highest BCUT2D eigenvalue weighted by molar-refractivity contribution is 6.02. The number of fused-ring (bicyclic) bond motifs is 1. The van der Waals surface area contributed by atoms with Crippen LogP contribution in [0.25, 0.3) is 16.8 Å². The third-order valence-electron chi connectivity index (χ3n) is 4.51. The second-order valence-electron chi connectivity index (χ2n) is 6.62. The minimum absolute atomic E-state index is 0.346. The normalized spacial score (nSPS) is 12.4. The van der Waals surface area contributed by atoms with Gasteiger partial charge in [-0.2, -0.15) is 13.2 Å². The van der Waals surface area contributed by atoms with Crippen molar-refractivity contribution in [3.05, 3.63) is 53.6 Å². The molecule has 0 aromatic heterocycles. The van der Waals surface area contributed by atoms with Gasteiger partial charge in [0.2, 0.25) is 0 Å². The zero-order chi connectivity index (χ0) is 19.9. The van der Waals surface area contributed by atoms with Crippen LogP contribution in [0.3, 0.4) is 0 Å². The van der Waals surface area contributed by atoms with Gasteiger partial charge in [-0.05, 0) is 35.3 Å². The molecule has 0 aliphatic heterocycles. The van der Waals surface area contributed by atoms with Crippen molar-refractivity contribution in [1.82, 2.24) is 4.90 Å². The fraction of sp³-hybridized carbons (Fsp3) is 0.409. The Hall–Kier alpha value is -2.30. The van der Waals surface area contributed by atoms with Crippen molar-refractivity contribution in [2.75, 3.05) is 13.1 Å². The van der Waals surface area contributed by atoms with Crippen LogP contribution < -0.4 is 0 Å². The number of hydrogen-bond donors (Lipinski definition) is 0. The summed E-state index contributed by atoms with van der Waals surface area (Å²) in [6.45, 7) is 4.61. The molecule has 0 saturated carbocycles. The molecule has 0 aliphatic rings. The van der Waals surface area contributed by atoms with Crippen molar-refractivity contribution in [3.63, 3.8) is 0 Å². The molecule has 146 valence electrons. The number of carbonyl (C=O) groups excluding carboxylic acids is 1. The molecule has 1 amide bonds. The highest BCUT2D eigenvalue weighted by Crippen LogP contribution is 2.31. The summed E-state index contributed by atoms with van der Waals surface area (Å²) in [4.78, 5) is 14.1. The maximum atomic E-state index is 13.7. The van der Waals surface area contributed by atoms with Crippen LogP contribution in [0.2, 0.25) is 0 Å². The van der Waals surface area contributed by atoms with Crippen LogP contribution in [0.1, 0.15) is 45.1 Å². The van der Waals surface area contributed by atoms with Crippen molar-refractivity contribution >= 4 is 22.8 Å². The number of rotatable bonds is 8. The molecule has 0 fully saturated rings. The molecule has 2 aromatic rings. The van der Waals surface area contributed by atoms with E-state index < -0.39 is 17.7 Å². The van der Waals surface area contributed by atoms with E-state index in [9.17, 15) is 18.0 Å². The molecule has 2 aromatic carbocycles. The largest absolute Gasteiger partial charge is 0.421 e. The van der Waals surface area contributed by atoms with E-state index in [1.165, 1.54) is 4.90 Å². The molecule has 0 spiro atoms. The summed E-state index contributed by atoms with van der Waals surface area (Å²) >= 11 is 0. The lowest BCUT2D eigenvalue weighted by Gasteiger charge is -2.25. The molecule has 5 heteroatoms. The quantitative estimate of drug-likeness (QED) is 0.501. The molecule has 0 N–H and O–H groups in total. The number of benzene rings is 2. The number of halogens is 3. The molecule has 0 atom stereocenters. The molecule has 0 saturated heterocycles. The van der Waals surface area contributed by atoms with Gasteiger partial charge in [0.05, 0.1) is 0 Å². The Balaban J connectivity index is 2.46. The fourth-order valence-corrected chi connectivity index (χ4v) is 2.98. The minimum atomic E-state index is -4.70. The predicted octanol–water partition coefficient (Wildman–Crippen LogP) is 6.21. The van der Waals surface area contributed by atoms with Crippen molar-refractivity contribution in [1.29, 1.82) is 0 Å². The Morgan fingerprint density at radius 2 is 1.56 bits per heavy atom. The van der Waals surface area contributed by atoms with Crippen LogP contribution in [0.5, 0.6) is 0 Å². The van der Waals surface area contributed by atoms with Gasteiger partial charge in [-0.1, -0.05) is 69.2 Å². The monoisotopic (exact) mass is 377 g/mol. The molecule has 27 heavy (non-hydrogen) atoms. The van der Waals surface area contributed by atoms with Crippen molar-refractivity contribution < 1.29 is 18.0 Å². The summed E-state index contributed by atoms with van der Waals surface area (Å²) in [7, 11) is 0. The number of carbonyl (C=O) groups is 1. The summed E-state index contributed by atoms with van der Waals surface area (Å²) in [6.07, 6.45) is -0.682. The molecule has 0 bridgehead atoms. The number of alkyl halides is 3. The Kier molecular flexibility index (Phi) is 7.45. The molecule has 2 rings (SSSR count). The lowest BCUT2D eigenvalue weighted by Crippen LogP contribution is -2.37. The van der Waals surface area contributed by atoms with Crippen molar-refractivity contribution in [3.8, 4) is 0 Å². The van der Waals surface area contributed by atoms with E-state index in [4.69, 9.17) is 0 Å². The van der Waals surface area contributed by atoms with Crippen LogP contribution in [0.15, 0.2) is 48.0 Å². The van der Waals surface area contributed by atoms with E-state index in [1.807, 2.05) is 32.0 Å². The average Bonchev–Trinajstić information content (AvgIpc) is 2.65. The Labute approximate surface area is 158 Å². The number of hydrogen-bond acceptors (Lipinski definition) is 1. The zero-order valence-corrected chi connectivity index (χ0v) is 15.9. The van der Waals surface area contributed by atoms with E-state index in [0.29, 0.717) is 36.9 Å². The van der Waals surface area contributed by atoms with E-state index in [2.05, 4.69) is 0 Å². The molecule has 2 nitrogen and oxygen atoms in total. The van der Waals surface area contributed by atoms with Gasteiger partial charge in [0.25, 0.3) is 5.91 Å². The van der Waals surface area contributed by atoms with Gasteiger partial charge in [-0.15, -0.1) is 0 Å². The standard InChI is InChI=1S/C22H26F3NO/c1-3-5-14-26(15-6-4-2)21(27)20(22(23,24)25)16-18-12-9-11-17-10-7-8-13-19(17)18/h7-13,16H,3-6,14-15H2,1-2H3/b20-16-. The summed E-state index contributed by atoms with van der Waals surface area (Å²) in [5.74, 6) is -0.933. The lowest BCUT2D eigenvalue weighted by molar-refractivity contribution is -0.139. The van der Waals surface area contributed by atoms with Crippen LogP contribution in [0, 0.1) is 0 Å². The maximum Gasteiger partial charge on any atom is 0.421 e. The summed E-state index contributed by atoms with van der Waals surface area (Å²) in [5.41, 5.74) is -0.703. The molecule has 0 unspecified atom stereocenters. The van der Waals surface area contributed by atoms with E-state index in [0.717, 1.165) is 24.3 Å². The van der Waals surface area contributed by atoms with Crippen LogP contribution in [-0.2, 0) is 4.79 Å².